The van der Waals surface area contributed by atoms with Crippen LogP contribution in [0.4, 0.5) is 0 Å². The summed E-state index contributed by atoms with van der Waals surface area (Å²) in [6.07, 6.45) is -1.40. The Bertz CT molecular complexity index is 642. The van der Waals surface area contributed by atoms with E-state index in [1.54, 1.807) is 12.4 Å². The highest BCUT2D eigenvalue weighted by Gasteiger charge is 2.19. The Morgan fingerprint density at radius 1 is 1.36 bits per heavy atom. The molecule has 6 nitrogen and oxygen atoms in total. The summed E-state index contributed by atoms with van der Waals surface area (Å²) in [7, 11) is 0. The van der Waals surface area contributed by atoms with Gasteiger partial charge in [-0.1, -0.05) is 30.3 Å². The van der Waals surface area contributed by atoms with Crippen LogP contribution in [0.1, 0.15) is 20.9 Å². The number of rotatable bonds is 6. The predicted octanol–water partition coefficient (Wildman–Crippen LogP) is 1.29. The Morgan fingerprint density at radius 3 is 2.73 bits per heavy atom. The molecule has 0 fully saturated rings. The highest BCUT2D eigenvalue weighted by atomic mass is 32.1. The molecule has 2 aromatic rings. The van der Waals surface area contributed by atoms with Crippen LogP contribution in [0.5, 0.6) is 0 Å². The van der Waals surface area contributed by atoms with Crippen LogP contribution >= 0.6 is 11.3 Å². The molecule has 1 amide bonds. The number of amides is 1. The first-order chi connectivity index (χ1) is 10.6. The Morgan fingerprint density at radius 2 is 2.09 bits per heavy atom. The lowest BCUT2D eigenvalue weighted by Crippen LogP contribution is -2.37. The molecule has 2 N–H and O–H groups in total. The zero-order valence-corrected chi connectivity index (χ0v) is 12.8. The molecule has 2 rings (SSSR count). The van der Waals surface area contributed by atoms with Crippen molar-refractivity contribution in [3.05, 3.63) is 52.0 Å². The van der Waals surface area contributed by atoms with Gasteiger partial charge in [0.2, 0.25) is 0 Å². The third kappa shape index (κ3) is 4.37. The van der Waals surface area contributed by atoms with Gasteiger partial charge in [0.1, 0.15) is 11.5 Å². The lowest BCUT2D eigenvalue weighted by molar-refractivity contribution is -0.154. The minimum atomic E-state index is -1.40. The predicted molar refractivity (Wildman–Crippen MR) is 81.4 cm³/mol. The Labute approximate surface area is 131 Å². The highest BCUT2D eigenvalue weighted by Crippen LogP contribution is 2.11. The van der Waals surface area contributed by atoms with E-state index in [0.29, 0.717) is 10.6 Å². The molecule has 0 saturated heterocycles. The van der Waals surface area contributed by atoms with E-state index in [2.05, 4.69) is 10.3 Å². The monoisotopic (exact) mass is 320 g/mol. The number of thiazole rings is 1. The number of carbonyl (C=O) groups is 2. The quantitative estimate of drug-likeness (QED) is 0.783. The van der Waals surface area contributed by atoms with Crippen molar-refractivity contribution in [1.29, 1.82) is 0 Å². The topological polar surface area (TPSA) is 88.5 Å². The zero-order valence-electron chi connectivity index (χ0n) is 12.0. The van der Waals surface area contributed by atoms with Gasteiger partial charge in [0.05, 0.1) is 17.7 Å². The van der Waals surface area contributed by atoms with Crippen molar-refractivity contribution >= 4 is 23.2 Å². The van der Waals surface area contributed by atoms with Crippen molar-refractivity contribution in [2.75, 3.05) is 6.54 Å². The molecule has 0 radical (unpaired) electrons. The van der Waals surface area contributed by atoms with E-state index >= 15 is 0 Å². The van der Waals surface area contributed by atoms with Crippen LogP contribution in [-0.4, -0.2) is 34.6 Å². The van der Waals surface area contributed by atoms with Gasteiger partial charge in [-0.15, -0.1) is 11.3 Å². The molecule has 7 heteroatoms. The Balaban J connectivity index is 1.77. The van der Waals surface area contributed by atoms with Crippen LogP contribution in [0.2, 0.25) is 0 Å². The van der Waals surface area contributed by atoms with E-state index in [1.165, 1.54) is 11.3 Å². The highest BCUT2D eigenvalue weighted by molar-refractivity contribution is 7.11. The normalized spacial score (nSPS) is 11.7. The minimum absolute atomic E-state index is 0.0820. The third-order valence-electron chi connectivity index (χ3n) is 2.90. The SMILES string of the molecule is Cc1ncsc1C(=O)NC[C@H](O)C(=O)OCc1ccccc1. The molecule has 0 aliphatic heterocycles. The molecular weight excluding hydrogens is 304 g/mol. The first-order valence-corrected chi connectivity index (χ1v) is 7.53. The fourth-order valence-electron chi connectivity index (χ4n) is 1.70. The molecule has 0 bridgehead atoms. The van der Waals surface area contributed by atoms with Crippen LogP contribution in [0, 0.1) is 6.92 Å². The molecule has 1 aromatic heterocycles. The number of aromatic nitrogens is 1. The van der Waals surface area contributed by atoms with Gasteiger partial charge in [-0.05, 0) is 12.5 Å². The number of nitrogens with zero attached hydrogens (tertiary/aromatic N) is 1. The summed E-state index contributed by atoms with van der Waals surface area (Å²) in [5, 5.41) is 12.2. The summed E-state index contributed by atoms with van der Waals surface area (Å²) in [6, 6.07) is 9.15. The van der Waals surface area contributed by atoms with E-state index in [4.69, 9.17) is 4.74 Å². The van der Waals surface area contributed by atoms with Gasteiger partial charge in [0, 0.05) is 0 Å². The van der Waals surface area contributed by atoms with Gasteiger partial charge < -0.3 is 15.2 Å². The summed E-state index contributed by atoms with van der Waals surface area (Å²) < 4.78 is 4.99. The molecule has 0 spiro atoms. The summed E-state index contributed by atoms with van der Waals surface area (Å²) >= 11 is 1.20. The molecule has 0 aliphatic rings. The molecule has 116 valence electrons. The van der Waals surface area contributed by atoms with Gasteiger partial charge in [-0.3, -0.25) is 4.79 Å². The van der Waals surface area contributed by atoms with Crippen molar-refractivity contribution in [3.8, 4) is 0 Å². The Kier molecular flexibility index (Phi) is 5.62. The summed E-state index contributed by atoms with van der Waals surface area (Å²) in [6.45, 7) is 1.60. The fourth-order valence-corrected chi connectivity index (χ4v) is 2.42. The van der Waals surface area contributed by atoms with E-state index in [0.717, 1.165) is 5.56 Å². The van der Waals surface area contributed by atoms with Gasteiger partial charge >= 0.3 is 5.97 Å². The number of hydrogen-bond donors (Lipinski definition) is 2. The number of nitrogens with one attached hydrogen (secondary N) is 1. The standard InChI is InChI=1S/C15H16N2O4S/c1-10-13(22-9-17-10)14(19)16-7-12(18)15(20)21-8-11-5-3-2-4-6-11/h2-6,9,12,18H,7-8H2,1H3,(H,16,19)/t12-/m0/s1. The first kappa shape index (κ1) is 16.1. The maximum absolute atomic E-state index is 11.8. The number of aliphatic hydroxyl groups excluding tert-OH is 1. The lowest BCUT2D eigenvalue weighted by atomic mass is 10.2. The molecule has 0 unspecified atom stereocenters. The molecular formula is C15H16N2O4S. The van der Waals surface area contributed by atoms with Crippen LogP contribution in [0.3, 0.4) is 0 Å². The molecule has 1 aromatic carbocycles. The zero-order chi connectivity index (χ0) is 15.9. The van der Waals surface area contributed by atoms with Gasteiger partial charge in [-0.25, -0.2) is 9.78 Å². The number of ether oxygens (including phenoxy) is 1. The number of aryl methyl sites for hydroxylation is 1. The first-order valence-electron chi connectivity index (χ1n) is 6.65. The van der Waals surface area contributed by atoms with Crippen molar-refractivity contribution in [3.63, 3.8) is 0 Å². The number of aliphatic hydroxyl groups is 1. The van der Waals surface area contributed by atoms with Crippen molar-refractivity contribution in [2.24, 2.45) is 0 Å². The molecule has 1 atom stereocenters. The van der Waals surface area contributed by atoms with Crippen LogP contribution in [0.25, 0.3) is 0 Å². The second kappa shape index (κ2) is 7.67. The fraction of sp³-hybridized carbons (Fsp3) is 0.267. The lowest BCUT2D eigenvalue weighted by Gasteiger charge is -2.11. The summed E-state index contributed by atoms with van der Waals surface area (Å²) in [4.78, 5) is 27.9. The second-order valence-electron chi connectivity index (χ2n) is 4.59. The Hall–Kier alpha value is -2.25. The van der Waals surface area contributed by atoms with Gasteiger partial charge in [0.25, 0.3) is 5.91 Å². The van der Waals surface area contributed by atoms with E-state index in [-0.39, 0.29) is 19.1 Å². The number of esters is 1. The number of hydrogen-bond acceptors (Lipinski definition) is 6. The van der Waals surface area contributed by atoms with E-state index in [1.807, 2.05) is 30.3 Å². The molecule has 0 aliphatic carbocycles. The maximum Gasteiger partial charge on any atom is 0.337 e. The second-order valence-corrected chi connectivity index (χ2v) is 5.44. The smallest absolute Gasteiger partial charge is 0.337 e. The maximum atomic E-state index is 11.8. The van der Waals surface area contributed by atoms with Crippen molar-refractivity contribution in [2.45, 2.75) is 19.6 Å². The van der Waals surface area contributed by atoms with E-state index < -0.39 is 12.1 Å². The van der Waals surface area contributed by atoms with Crippen LogP contribution < -0.4 is 5.32 Å². The average molecular weight is 320 g/mol. The number of benzene rings is 1. The third-order valence-corrected chi connectivity index (χ3v) is 3.83. The van der Waals surface area contributed by atoms with Crippen molar-refractivity contribution < 1.29 is 19.4 Å². The van der Waals surface area contributed by atoms with Gasteiger partial charge in [0.15, 0.2) is 6.10 Å². The average Bonchev–Trinajstić information content (AvgIpc) is 2.97. The van der Waals surface area contributed by atoms with Gasteiger partial charge in [-0.2, -0.15) is 0 Å². The molecule has 22 heavy (non-hydrogen) atoms. The van der Waals surface area contributed by atoms with Crippen LogP contribution in [-0.2, 0) is 16.1 Å². The molecule has 0 saturated carbocycles. The molecule has 1 heterocycles. The van der Waals surface area contributed by atoms with Crippen LogP contribution in [0.15, 0.2) is 35.8 Å². The number of carbonyl (C=O) groups excluding carboxylic acids is 2. The largest absolute Gasteiger partial charge is 0.459 e. The van der Waals surface area contributed by atoms with Crippen molar-refractivity contribution in [1.82, 2.24) is 10.3 Å². The minimum Gasteiger partial charge on any atom is -0.459 e. The summed E-state index contributed by atoms with van der Waals surface area (Å²) in [5.74, 6) is -1.14. The van der Waals surface area contributed by atoms with E-state index in [9.17, 15) is 14.7 Å². The summed E-state index contributed by atoms with van der Waals surface area (Å²) in [5.41, 5.74) is 3.01.